The standard InChI is InChI=1S/C12H18N2O3/c1-8(2)10(7-15)13-12(17)9-4-5-14(3)11(16)6-9/h4-6,8,10,15H,7H2,1-3H3,(H,13,17)/t10-/m1/s1. The van der Waals surface area contributed by atoms with Crippen LogP contribution in [-0.4, -0.2) is 28.2 Å². The molecule has 2 N–H and O–H groups in total. The van der Waals surface area contributed by atoms with Gasteiger partial charge in [-0.05, 0) is 12.0 Å². The average molecular weight is 238 g/mol. The summed E-state index contributed by atoms with van der Waals surface area (Å²) in [5, 5.41) is 11.8. The van der Waals surface area contributed by atoms with Crippen LogP contribution in [0.1, 0.15) is 24.2 Å². The van der Waals surface area contributed by atoms with Crippen LogP contribution in [-0.2, 0) is 7.05 Å². The normalized spacial score (nSPS) is 12.5. The molecule has 1 aromatic heterocycles. The first-order valence-corrected chi connectivity index (χ1v) is 5.54. The minimum Gasteiger partial charge on any atom is -0.394 e. The molecule has 0 saturated carbocycles. The zero-order chi connectivity index (χ0) is 13.0. The van der Waals surface area contributed by atoms with E-state index in [0.717, 1.165) is 0 Å². The van der Waals surface area contributed by atoms with E-state index in [4.69, 9.17) is 5.11 Å². The topological polar surface area (TPSA) is 71.3 Å². The van der Waals surface area contributed by atoms with E-state index in [0.29, 0.717) is 5.56 Å². The Morgan fingerprint density at radius 3 is 2.65 bits per heavy atom. The minimum atomic E-state index is -0.338. The summed E-state index contributed by atoms with van der Waals surface area (Å²) in [4.78, 5) is 23.2. The highest BCUT2D eigenvalue weighted by Crippen LogP contribution is 2.02. The molecule has 1 atom stereocenters. The molecule has 1 rings (SSSR count). The molecule has 0 radical (unpaired) electrons. The highest BCUT2D eigenvalue weighted by Gasteiger charge is 2.16. The van der Waals surface area contributed by atoms with Crippen LogP contribution >= 0.6 is 0 Å². The Kier molecular flexibility index (Phi) is 4.45. The van der Waals surface area contributed by atoms with Gasteiger partial charge in [0, 0.05) is 24.9 Å². The van der Waals surface area contributed by atoms with Gasteiger partial charge in [0.15, 0.2) is 0 Å². The van der Waals surface area contributed by atoms with Crippen molar-refractivity contribution in [2.24, 2.45) is 13.0 Å². The largest absolute Gasteiger partial charge is 0.394 e. The highest BCUT2D eigenvalue weighted by atomic mass is 16.3. The molecule has 1 amide bonds. The number of hydrogen-bond donors (Lipinski definition) is 2. The SMILES string of the molecule is CC(C)[C@@H](CO)NC(=O)c1ccn(C)c(=O)c1. The maximum Gasteiger partial charge on any atom is 0.251 e. The number of aromatic nitrogens is 1. The van der Waals surface area contributed by atoms with Gasteiger partial charge in [-0.25, -0.2) is 0 Å². The lowest BCUT2D eigenvalue weighted by Crippen LogP contribution is -2.41. The maximum atomic E-state index is 11.8. The van der Waals surface area contributed by atoms with Gasteiger partial charge in [-0.3, -0.25) is 9.59 Å². The second-order valence-corrected chi connectivity index (χ2v) is 4.37. The van der Waals surface area contributed by atoms with Crippen LogP contribution in [0, 0.1) is 5.92 Å². The fourth-order valence-corrected chi connectivity index (χ4v) is 1.36. The molecule has 0 fully saturated rings. The van der Waals surface area contributed by atoms with Gasteiger partial charge in [-0.15, -0.1) is 0 Å². The van der Waals surface area contributed by atoms with Crippen LogP contribution in [0.3, 0.4) is 0 Å². The van der Waals surface area contributed by atoms with Gasteiger partial charge in [0.25, 0.3) is 11.5 Å². The molecule has 0 aliphatic rings. The van der Waals surface area contributed by atoms with E-state index in [-0.39, 0.29) is 30.0 Å². The molecule has 0 unspecified atom stereocenters. The van der Waals surface area contributed by atoms with Crippen molar-refractivity contribution in [1.29, 1.82) is 0 Å². The lowest BCUT2D eigenvalue weighted by molar-refractivity contribution is 0.0896. The van der Waals surface area contributed by atoms with E-state index < -0.39 is 0 Å². The monoisotopic (exact) mass is 238 g/mol. The fraction of sp³-hybridized carbons (Fsp3) is 0.500. The van der Waals surface area contributed by atoms with E-state index in [9.17, 15) is 9.59 Å². The number of nitrogens with one attached hydrogen (secondary N) is 1. The zero-order valence-electron chi connectivity index (χ0n) is 10.3. The number of aliphatic hydroxyl groups is 1. The molecule has 0 aliphatic heterocycles. The summed E-state index contributed by atoms with van der Waals surface area (Å²) < 4.78 is 1.39. The molecule has 0 aliphatic carbocycles. The summed E-state index contributed by atoms with van der Waals surface area (Å²) in [5.74, 6) is -0.203. The second kappa shape index (κ2) is 5.63. The first kappa shape index (κ1) is 13.4. The molecule has 1 heterocycles. The number of amides is 1. The second-order valence-electron chi connectivity index (χ2n) is 4.37. The Morgan fingerprint density at radius 2 is 2.18 bits per heavy atom. The fourth-order valence-electron chi connectivity index (χ4n) is 1.36. The van der Waals surface area contributed by atoms with Crippen LogP contribution < -0.4 is 10.9 Å². The number of aryl methyl sites for hydroxylation is 1. The van der Waals surface area contributed by atoms with Crippen molar-refractivity contribution in [3.63, 3.8) is 0 Å². The van der Waals surface area contributed by atoms with Gasteiger partial charge in [0.1, 0.15) is 0 Å². The summed E-state index contributed by atoms with van der Waals surface area (Å²) in [6.45, 7) is 3.70. The first-order valence-electron chi connectivity index (χ1n) is 5.54. The highest BCUT2D eigenvalue weighted by molar-refractivity contribution is 5.94. The number of hydrogen-bond acceptors (Lipinski definition) is 3. The number of rotatable bonds is 4. The molecule has 1 aromatic rings. The molecule has 0 bridgehead atoms. The summed E-state index contributed by atoms with van der Waals surface area (Å²) in [6, 6.07) is 2.56. The van der Waals surface area contributed by atoms with Crippen molar-refractivity contribution in [3.8, 4) is 0 Å². The van der Waals surface area contributed by atoms with Crippen molar-refractivity contribution in [3.05, 3.63) is 34.2 Å². The molecule has 17 heavy (non-hydrogen) atoms. The smallest absolute Gasteiger partial charge is 0.251 e. The zero-order valence-corrected chi connectivity index (χ0v) is 10.3. The minimum absolute atomic E-state index is 0.117. The van der Waals surface area contributed by atoms with E-state index in [2.05, 4.69) is 5.32 Å². The molecule has 0 aromatic carbocycles. The molecule has 94 valence electrons. The molecule has 5 nitrogen and oxygen atoms in total. The predicted molar refractivity (Wildman–Crippen MR) is 64.9 cm³/mol. The van der Waals surface area contributed by atoms with Gasteiger partial charge < -0.3 is 15.0 Å². The summed E-state index contributed by atoms with van der Waals surface area (Å²) >= 11 is 0. The van der Waals surface area contributed by atoms with Gasteiger partial charge >= 0.3 is 0 Å². The van der Waals surface area contributed by atoms with Crippen molar-refractivity contribution in [1.82, 2.24) is 9.88 Å². The number of pyridine rings is 1. The van der Waals surface area contributed by atoms with Crippen LogP contribution in [0.4, 0.5) is 0 Å². The third-order valence-corrected chi connectivity index (χ3v) is 2.68. The molecule has 0 saturated heterocycles. The summed E-state index contributed by atoms with van der Waals surface area (Å²) in [5.41, 5.74) is 0.0787. The van der Waals surface area contributed by atoms with Crippen molar-refractivity contribution in [2.75, 3.05) is 6.61 Å². The lowest BCUT2D eigenvalue weighted by Gasteiger charge is -2.19. The van der Waals surface area contributed by atoms with Crippen LogP contribution in [0.25, 0.3) is 0 Å². The Morgan fingerprint density at radius 1 is 1.53 bits per heavy atom. The Labute approximate surface area is 100 Å². The molecule has 0 spiro atoms. The Bertz CT molecular complexity index is 451. The van der Waals surface area contributed by atoms with Gasteiger partial charge in [-0.1, -0.05) is 13.8 Å². The Balaban J connectivity index is 2.83. The van der Waals surface area contributed by atoms with Crippen molar-refractivity contribution < 1.29 is 9.90 Å². The Hall–Kier alpha value is -1.62. The maximum absolute atomic E-state index is 11.8. The van der Waals surface area contributed by atoms with E-state index >= 15 is 0 Å². The van der Waals surface area contributed by atoms with Gasteiger partial charge in [0.2, 0.25) is 0 Å². The van der Waals surface area contributed by atoms with Crippen LogP contribution in [0.2, 0.25) is 0 Å². The lowest BCUT2D eigenvalue weighted by atomic mass is 10.1. The summed E-state index contributed by atoms with van der Waals surface area (Å²) in [7, 11) is 1.62. The number of carbonyl (C=O) groups is 1. The van der Waals surface area contributed by atoms with Crippen molar-refractivity contribution in [2.45, 2.75) is 19.9 Å². The third kappa shape index (κ3) is 3.42. The third-order valence-electron chi connectivity index (χ3n) is 2.68. The number of nitrogens with zero attached hydrogens (tertiary/aromatic N) is 1. The van der Waals surface area contributed by atoms with Crippen LogP contribution in [0.15, 0.2) is 23.1 Å². The average Bonchev–Trinajstić information content (AvgIpc) is 2.28. The van der Waals surface area contributed by atoms with Gasteiger partial charge in [0.05, 0.1) is 12.6 Å². The molecule has 5 heteroatoms. The molecular weight excluding hydrogens is 220 g/mol. The van der Waals surface area contributed by atoms with E-state index in [1.165, 1.54) is 10.6 Å². The number of aliphatic hydroxyl groups excluding tert-OH is 1. The van der Waals surface area contributed by atoms with E-state index in [1.807, 2.05) is 13.8 Å². The quantitative estimate of drug-likeness (QED) is 0.783. The number of carbonyl (C=O) groups excluding carboxylic acids is 1. The predicted octanol–water partition coefficient (Wildman–Crippen LogP) is 0.132. The van der Waals surface area contributed by atoms with E-state index in [1.54, 1.807) is 19.3 Å². The van der Waals surface area contributed by atoms with Crippen LogP contribution in [0.5, 0.6) is 0 Å². The molecular formula is C12H18N2O3. The first-order chi connectivity index (χ1) is 7.95. The van der Waals surface area contributed by atoms with Crippen molar-refractivity contribution >= 4 is 5.91 Å². The summed E-state index contributed by atoms with van der Waals surface area (Å²) in [6.07, 6.45) is 1.54. The van der Waals surface area contributed by atoms with Gasteiger partial charge in [-0.2, -0.15) is 0 Å².